The van der Waals surface area contributed by atoms with Crippen molar-refractivity contribution in [2.45, 2.75) is 32.7 Å². The second-order valence-electron chi connectivity index (χ2n) is 6.26. The van der Waals surface area contributed by atoms with E-state index < -0.39 is 0 Å². The zero-order chi connectivity index (χ0) is 17.4. The lowest BCUT2D eigenvalue weighted by molar-refractivity contribution is 0.508. The summed E-state index contributed by atoms with van der Waals surface area (Å²) >= 11 is 3.49. The molecule has 0 aliphatic rings. The highest BCUT2D eigenvalue weighted by molar-refractivity contribution is 14.0. The quantitative estimate of drug-likeness (QED) is 0.338. The van der Waals surface area contributed by atoms with E-state index >= 15 is 0 Å². The molecule has 0 radical (unpaired) electrons. The van der Waals surface area contributed by atoms with Gasteiger partial charge in [0.15, 0.2) is 5.96 Å². The standard InChI is InChI=1S/C19H25BrN4.HI/c1-4-21-18(23-13-17-7-5-6-12-22-17)24-14-19(2,3)15-8-10-16(20)11-9-15;/h5-12H,4,13-14H2,1-3H3,(H2,21,23,24);1H. The van der Waals surface area contributed by atoms with E-state index in [2.05, 4.69) is 81.6 Å². The molecule has 1 aromatic carbocycles. The minimum absolute atomic E-state index is 0. The van der Waals surface area contributed by atoms with Crippen LogP contribution in [0.5, 0.6) is 0 Å². The van der Waals surface area contributed by atoms with Gasteiger partial charge in [-0.3, -0.25) is 4.98 Å². The van der Waals surface area contributed by atoms with Gasteiger partial charge in [0.05, 0.1) is 12.2 Å². The third-order valence-corrected chi connectivity index (χ3v) is 4.32. The van der Waals surface area contributed by atoms with Crippen LogP contribution in [0.3, 0.4) is 0 Å². The summed E-state index contributed by atoms with van der Waals surface area (Å²) in [5, 5.41) is 6.73. The monoisotopic (exact) mass is 516 g/mol. The van der Waals surface area contributed by atoms with Gasteiger partial charge in [0.1, 0.15) is 0 Å². The Labute approximate surface area is 176 Å². The van der Waals surface area contributed by atoms with Crippen LogP contribution >= 0.6 is 39.9 Å². The summed E-state index contributed by atoms with van der Waals surface area (Å²) in [7, 11) is 0. The maximum atomic E-state index is 4.62. The van der Waals surface area contributed by atoms with E-state index in [0.29, 0.717) is 6.54 Å². The normalized spacial score (nSPS) is 11.6. The fraction of sp³-hybridized carbons (Fsp3) is 0.368. The molecule has 6 heteroatoms. The van der Waals surface area contributed by atoms with Crippen molar-refractivity contribution in [3.8, 4) is 0 Å². The van der Waals surface area contributed by atoms with Gasteiger partial charge in [-0.2, -0.15) is 0 Å². The van der Waals surface area contributed by atoms with E-state index in [4.69, 9.17) is 0 Å². The molecule has 1 aromatic heterocycles. The number of aromatic nitrogens is 1. The predicted molar refractivity (Wildman–Crippen MR) is 120 cm³/mol. The van der Waals surface area contributed by atoms with E-state index in [-0.39, 0.29) is 29.4 Å². The van der Waals surface area contributed by atoms with Gasteiger partial charge < -0.3 is 10.6 Å². The number of rotatable bonds is 6. The molecule has 0 spiro atoms. The molecule has 136 valence electrons. The Balaban J connectivity index is 0.00000312. The van der Waals surface area contributed by atoms with Gasteiger partial charge in [-0.1, -0.05) is 48.0 Å². The molecule has 2 N–H and O–H groups in total. The van der Waals surface area contributed by atoms with E-state index in [1.54, 1.807) is 6.20 Å². The van der Waals surface area contributed by atoms with E-state index in [1.807, 2.05) is 18.2 Å². The Morgan fingerprint density at radius 3 is 2.44 bits per heavy atom. The number of benzene rings is 1. The molecule has 0 unspecified atom stereocenters. The lowest BCUT2D eigenvalue weighted by Crippen LogP contribution is -2.43. The fourth-order valence-corrected chi connectivity index (χ4v) is 2.57. The SMILES string of the molecule is CCNC(=NCc1ccccn1)NCC(C)(C)c1ccc(Br)cc1.I. The smallest absolute Gasteiger partial charge is 0.191 e. The molecule has 4 nitrogen and oxygen atoms in total. The van der Waals surface area contributed by atoms with Crippen molar-refractivity contribution in [3.63, 3.8) is 0 Å². The van der Waals surface area contributed by atoms with Crippen molar-refractivity contribution in [1.29, 1.82) is 0 Å². The number of hydrogen-bond donors (Lipinski definition) is 2. The Bertz CT molecular complexity index is 657. The van der Waals surface area contributed by atoms with Gasteiger partial charge in [0.2, 0.25) is 0 Å². The number of nitrogens with zero attached hydrogens (tertiary/aromatic N) is 2. The van der Waals surface area contributed by atoms with E-state index in [1.165, 1.54) is 5.56 Å². The minimum Gasteiger partial charge on any atom is -0.357 e. The van der Waals surface area contributed by atoms with Crippen LogP contribution in [0.1, 0.15) is 32.0 Å². The maximum Gasteiger partial charge on any atom is 0.191 e. The summed E-state index contributed by atoms with van der Waals surface area (Å²) in [4.78, 5) is 8.93. The molecule has 1 heterocycles. The van der Waals surface area contributed by atoms with Crippen molar-refractivity contribution in [2.24, 2.45) is 4.99 Å². The highest BCUT2D eigenvalue weighted by atomic mass is 127. The molecule has 0 aliphatic carbocycles. The molecule has 0 fully saturated rings. The number of hydrogen-bond acceptors (Lipinski definition) is 2. The average Bonchev–Trinajstić information content (AvgIpc) is 2.59. The summed E-state index contributed by atoms with van der Waals surface area (Å²) < 4.78 is 1.10. The number of aliphatic imine (C=N–C) groups is 1. The van der Waals surface area contributed by atoms with E-state index in [0.717, 1.165) is 29.2 Å². The first-order valence-corrected chi connectivity index (χ1v) is 8.98. The van der Waals surface area contributed by atoms with Crippen molar-refractivity contribution in [2.75, 3.05) is 13.1 Å². The van der Waals surface area contributed by atoms with Crippen molar-refractivity contribution in [1.82, 2.24) is 15.6 Å². The van der Waals surface area contributed by atoms with Crippen LogP contribution < -0.4 is 10.6 Å². The Hall–Kier alpha value is -1.15. The third-order valence-electron chi connectivity index (χ3n) is 3.79. The zero-order valence-corrected chi connectivity index (χ0v) is 18.8. The van der Waals surface area contributed by atoms with Crippen LogP contribution in [0.25, 0.3) is 0 Å². The molecule has 2 rings (SSSR count). The van der Waals surface area contributed by atoms with Gasteiger partial charge in [-0.15, -0.1) is 24.0 Å². The van der Waals surface area contributed by atoms with Crippen LogP contribution in [0.2, 0.25) is 0 Å². The first-order valence-electron chi connectivity index (χ1n) is 8.19. The summed E-state index contributed by atoms with van der Waals surface area (Å²) in [5.41, 5.74) is 2.25. The van der Waals surface area contributed by atoms with Crippen LogP contribution in [0.15, 0.2) is 58.1 Å². The number of pyridine rings is 1. The lowest BCUT2D eigenvalue weighted by atomic mass is 9.85. The fourth-order valence-electron chi connectivity index (χ4n) is 2.30. The highest BCUT2D eigenvalue weighted by Crippen LogP contribution is 2.23. The Morgan fingerprint density at radius 2 is 1.84 bits per heavy atom. The largest absolute Gasteiger partial charge is 0.357 e. The minimum atomic E-state index is 0. The lowest BCUT2D eigenvalue weighted by Gasteiger charge is -2.27. The maximum absolute atomic E-state index is 4.62. The molecular weight excluding hydrogens is 491 g/mol. The van der Waals surface area contributed by atoms with Crippen molar-refractivity contribution < 1.29 is 0 Å². The van der Waals surface area contributed by atoms with Crippen LogP contribution in [0.4, 0.5) is 0 Å². The number of guanidine groups is 1. The van der Waals surface area contributed by atoms with Crippen LogP contribution in [-0.4, -0.2) is 24.0 Å². The Morgan fingerprint density at radius 1 is 1.12 bits per heavy atom. The first-order chi connectivity index (χ1) is 11.5. The first kappa shape index (κ1) is 21.9. The van der Waals surface area contributed by atoms with Gasteiger partial charge in [0.25, 0.3) is 0 Å². The Kier molecular flexibility index (Phi) is 9.42. The van der Waals surface area contributed by atoms with Crippen molar-refractivity contribution >= 4 is 45.9 Å². The molecule has 0 aliphatic heterocycles. The average molecular weight is 517 g/mol. The molecule has 0 amide bonds. The summed E-state index contributed by atoms with van der Waals surface area (Å²) in [6.07, 6.45) is 1.79. The zero-order valence-electron chi connectivity index (χ0n) is 14.9. The predicted octanol–water partition coefficient (Wildman–Crippen LogP) is 4.50. The van der Waals surface area contributed by atoms with Gasteiger partial charge in [-0.25, -0.2) is 4.99 Å². The number of halogens is 2. The second kappa shape index (κ2) is 10.8. The molecule has 25 heavy (non-hydrogen) atoms. The molecule has 0 saturated carbocycles. The topological polar surface area (TPSA) is 49.3 Å². The highest BCUT2D eigenvalue weighted by Gasteiger charge is 2.20. The summed E-state index contributed by atoms with van der Waals surface area (Å²) in [6.45, 7) is 8.71. The molecule has 0 atom stereocenters. The third kappa shape index (κ3) is 7.32. The molecule has 0 bridgehead atoms. The molecule has 0 saturated heterocycles. The van der Waals surface area contributed by atoms with Gasteiger partial charge in [-0.05, 0) is 36.8 Å². The second-order valence-corrected chi connectivity index (χ2v) is 7.18. The van der Waals surface area contributed by atoms with Gasteiger partial charge >= 0.3 is 0 Å². The summed E-state index contributed by atoms with van der Waals surface area (Å²) in [5.74, 6) is 0.813. The molecular formula is C19H26BrIN4. The van der Waals surface area contributed by atoms with Crippen molar-refractivity contribution in [3.05, 3.63) is 64.4 Å². The number of nitrogens with one attached hydrogen (secondary N) is 2. The summed E-state index contributed by atoms with van der Waals surface area (Å²) in [6, 6.07) is 14.4. The van der Waals surface area contributed by atoms with E-state index in [9.17, 15) is 0 Å². The molecule has 2 aromatic rings. The van der Waals surface area contributed by atoms with Crippen LogP contribution in [-0.2, 0) is 12.0 Å². The van der Waals surface area contributed by atoms with Gasteiger partial charge in [0, 0.05) is 29.2 Å². The van der Waals surface area contributed by atoms with Crippen LogP contribution in [0, 0.1) is 0 Å².